The van der Waals surface area contributed by atoms with Crippen LogP contribution in [0.25, 0.3) is 0 Å². The van der Waals surface area contributed by atoms with Crippen LogP contribution in [0.2, 0.25) is 0 Å². The second-order valence-electron chi connectivity index (χ2n) is 6.80. The van der Waals surface area contributed by atoms with Gasteiger partial charge in [0.05, 0.1) is 6.61 Å². The Morgan fingerprint density at radius 3 is 2.10 bits per heavy atom. The van der Waals surface area contributed by atoms with Crippen LogP contribution in [0.4, 0.5) is 0 Å². The van der Waals surface area contributed by atoms with E-state index in [9.17, 15) is 9.59 Å². The fourth-order valence-electron chi connectivity index (χ4n) is 3.01. The molecule has 30 heavy (non-hydrogen) atoms. The number of ether oxygens (including phenoxy) is 1. The summed E-state index contributed by atoms with van der Waals surface area (Å²) in [7, 11) is 0. The van der Waals surface area contributed by atoms with Gasteiger partial charge in [0.2, 0.25) is 0 Å². The first kappa shape index (κ1) is 21.1. The number of carbonyl (C=O) groups excluding carboxylic acids is 2. The van der Waals surface area contributed by atoms with Gasteiger partial charge < -0.3 is 10.1 Å². The first-order valence-corrected chi connectivity index (χ1v) is 9.71. The maximum Gasteiger partial charge on any atom is 0.266 e. The highest BCUT2D eigenvalue weighted by Gasteiger charge is 2.21. The first-order valence-electron chi connectivity index (χ1n) is 9.71. The lowest BCUT2D eigenvalue weighted by atomic mass is 10.0. The van der Waals surface area contributed by atoms with Crippen LogP contribution >= 0.6 is 0 Å². The van der Waals surface area contributed by atoms with Crippen molar-refractivity contribution in [1.29, 1.82) is 0 Å². The molecule has 2 amide bonds. The van der Waals surface area contributed by atoms with Gasteiger partial charge in [0.15, 0.2) is 0 Å². The van der Waals surface area contributed by atoms with Crippen molar-refractivity contribution in [3.05, 3.63) is 102 Å². The largest absolute Gasteiger partial charge is 0.493 e. The smallest absolute Gasteiger partial charge is 0.266 e. The Bertz CT molecular complexity index is 944. The second-order valence-corrected chi connectivity index (χ2v) is 6.80. The molecule has 3 aromatic carbocycles. The molecule has 6 nitrogen and oxygen atoms in total. The molecular weight excluding hydrogens is 380 g/mol. The molecule has 0 radical (unpaired) electrons. The molecule has 0 aliphatic heterocycles. The molecule has 0 saturated heterocycles. The molecule has 6 heteroatoms. The maximum absolute atomic E-state index is 12.4. The van der Waals surface area contributed by atoms with Crippen molar-refractivity contribution >= 4 is 11.8 Å². The summed E-state index contributed by atoms with van der Waals surface area (Å²) in [4.78, 5) is 24.4. The number of hydrogen-bond acceptors (Lipinski definition) is 4. The molecule has 0 unspecified atom stereocenters. The van der Waals surface area contributed by atoms with Crippen molar-refractivity contribution in [3.8, 4) is 5.75 Å². The van der Waals surface area contributed by atoms with Crippen LogP contribution in [-0.2, 0) is 17.6 Å². The van der Waals surface area contributed by atoms with E-state index >= 15 is 0 Å². The summed E-state index contributed by atoms with van der Waals surface area (Å²) in [6.07, 6.45) is 1.04. The molecule has 3 rings (SSSR count). The lowest BCUT2D eigenvalue weighted by Gasteiger charge is -2.17. The predicted octanol–water partition coefficient (Wildman–Crippen LogP) is 3.15. The molecule has 3 aromatic rings. The van der Waals surface area contributed by atoms with E-state index < -0.39 is 11.9 Å². The van der Waals surface area contributed by atoms with Gasteiger partial charge in [-0.25, -0.2) is 5.48 Å². The molecule has 154 valence electrons. The maximum atomic E-state index is 12.4. The summed E-state index contributed by atoms with van der Waals surface area (Å²) < 4.78 is 5.77. The van der Waals surface area contributed by atoms with Crippen LogP contribution < -0.4 is 15.5 Å². The predicted molar refractivity (Wildman–Crippen MR) is 113 cm³/mol. The lowest BCUT2D eigenvalue weighted by molar-refractivity contribution is -0.131. The third-order valence-electron chi connectivity index (χ3n) is 4.63. The van der Waals surface area contributed by atoms with E-state index in [-0.39, 0.29) is 12.3 Å². The molecule has 3 N–H and O–H groups in total. The molecule has 0 aliphatic rings. The molecular formula is C24H24N2O4. The van der Waals surface area contributed by atoms with Gasteiger partial charge in [-0.2, -0.15) is 0 Å². The van der Waals surface area contributed by atoms with Crippen molar-refractivity contribution < 1.29 is 19.5 Å². The van der Waals surface area contributed by atoms with Crippen LogP contribution in [0.3, 0.4) is 0 Å². The number of hydroxylamine groups is 1. The number of amides is 2. The van der Waals surface area contributed by atoms with Crippen LogP contribution in [-0.4, -0.2) is 29.7 Å². The fourth-order valence-corrected chi connectivity index (χ4v) is 3.01. The van der Waals surface area contributed by atoms with Crippen LogP contribution in [0.5, 0.6) is 5.75 Å². The number of rotatable bonds is 9. The minimum Gasteiger partial charge on any atom is -0.493 e. The summed E-state index contributed by atoms with van der Waals surface area (Å²) in [5.74, 6) is -0.335. The van der Waals surface area contributed by atoms with Crippen molar-refractivity contribution in [2.45, 2.75) is 18.9 Å². The van der Waals surface area contributed by atoms with Crippen LogP contribution in [0.1, 0.15) is 21.5 Å². The third-order valence-corrected chi connectivity index (χ3v) is 4.63. The zero-order chi connectivity index (χ0) is 21.2. The second kappa shape index (κ2) is 10.8. The Labute approximate surface area is 175 Å². The van der Waals surface area contributed by atoms with E-state index in [2.05, 4.69) is 17.4 Å². The van der Waals surface area contributed by atoms with E-state index in [1.165, 1.54) is 5.56 Å². The summed E-state index contributed by atoms with van der Waals surface area (Å²) >= 11 is 0. The monoisotopic (exact) mass is 404 g/mol. The van der Waals surface area contributed by atoms with E-state index in [1.807, 2.05) is 42.5 Å². The topological polar surface area (TPSA) is 87.7 Å². The van der Waals surface area contributed by atoms with E-state index in [4.69, 9.17) is 9.94 Å². The first-order chi connectivity index (χ1) is 14.7. The van der Waals surface area contributed by atoms with Gasteiger partial charge in [-0.3, -0.25) is 14.8 Å². The average Bonchev–Trinajstić information content (AvgIpc) is 2.80. The van der Waals surface area contributed by atoms with Gasteiger partial charge in [-0.15, -0.1) is 0 Å². The summed E-state index contributed by atoms with van der Waals surface area (Å²) in [6, 6.07) is 25.1. The van der Waals surface area contributed by atoms with Gasteiger partial charge in [-0.1, -0.05) is 60.7 Å². The van der Waals surface area contributed by atoms with E-state index in [0.29, 0.717) is 12.2 Å². The molecule has 0 saturated carbocycles. The van der Waals surface area contributed by atoms with Gasteiger partial charge >= 0.3 is 0 Å². The van der Waals surface area contributed by atoms with E-state index in [0.717, 1.165) is 17.7 Å². The summed E-state index contributed by atoms with van der Waals surface area (Å²) in [6.45, 7) is 0.562. The average molecular weight is 404 g/mol. The zero-order valence-corrected chi connectivity index (χ0v) is 16.5. The number of carbonyl (C=O) groups is 2. The summed E-state index contributed by atoms with van der Waals surface area (Å²) in [5, 5.41) is 11.7. The summed E-state index contributed by atoms with van der Waals surface area (Å²) in [5.41, 5.74) is 4.09. The molecule has 0 bridgehead atoms. The molecule has 1 atom stereocenters. The van der Waals surface area contributed by atoms with Gasteiger partial charge in [0.1, 0.15) is 11.8 Å². The Balaban J connectivity index is 1.56. The highest BCUT2D eigenvalue weighted by molar-refractivity contribution is 5.97. The number of hydrogen-bond donors (Lipinski definition) is 3. The van der Waals surface area contributed by atoms with Crippen molar-refractivity contribution in [1.82, 2.24) is 10.8 Å². The Hall–Kier alpha value is -3.64. The minimum atomic E-state index is -0.910. The molecule has 0 fully saturated rings. The van der Waals surface area contributed by atoms with Gasteiger partial charge in [0, 0.05) is 18.4 Å². The van der Waals surface area contributed by atoms with E-state index in [1.54, 1.807) is 35.8 Å². The van der Waals surface area contributed by atoms with Crippen molar-refractivity contribution in [2.75, 3.05) is 6.61 Å². The Kier molecular flexibility index (Phi) is 7.58. The van der Waals surface area contributed by atoms with Crippen LogP contribution in [0.15, 0.2) is 84.9 Å². The number of nitrogens with one attached hydrogen (secondary N) is 2. The van der Waals surface area contributed by atoms with Crippen molar-refractivity contribution in [2.24, 2.45) is 0 Å². The molecule has 0 aromatic heterocycles. The standard InChI is InChI=1S/C24H24N2O4/c27-23(20-9-5-2-6-10-20)25-22(24(28)26-29)17-19-11-13-21(14-12-19)30-16-15-18-7-3-1-4-8-18/h1-14,22,29H,15-17H2,(H,25,27)(H,26,28)/t22-/m0/s1. The lowest BCUT2D eigenvalue weighted by Crippen LogP contribution is -2.47. The molecule has 0 spiro atoms. The zero-order valence-electron chi connectivity index (χ0n) is 16.5. The Morgan fingerprint density at radius 2 is 1.47 bits per heavy atom. The fraction of sp³-hybridized carbons (Fsp3) is 0.167. The van der Waals surface area contributed by atoms with Crippen molar-refractivity contribution in [3.63, 3.8) is 0 Å². The molecule has 0 aliphatic carbocycles. The normalized spacial score (nSPS) is 11.4. The van der Waals surface area contributed by atoms with Gasteiger partial charge in [0.25, 0.3) is 11.8 Å². The Morgan fingerprint density at radius 1 is 0.833 bits per heavy atom. The number of benzene rings is 3. The molecule has 0 heterocycles. The third kappa shape index (κ3) is 6.18. The highest BCUT2D eigenvalue weighted by atomic mass is 16.5. The SMILES string of the molecule is O=C(N[C@@H](Cc1ccc(OCCc2ccccc2)cc1)C(=O)NO)c1ccccc1. The minimum absolute atomic E-state index is 0.231. The highest BCUT2D eigenvalue weighted by Crippen LogP contribution is 2.14. The van der Waals surface area contributed by atoms with Gasteiger partial charge in [-0.05, 0) is 35.4 Å². The quantitative estimate of drug-likeness (QED) is 0.378. The van der Waals surface area contributed by atoms with Crippen LogP contribution in [0, 0.1) is 0 Å².